The molecule has 0 saturated carbocycles. The second kappa shape index (κ2) is 15.5. The summed E-state index contributed by atoms with van der Waals surface area (Å²) in [4.78, 5) is 0. The molecule has 12 aromatic rings. The van der Waals surface area contributed by atoms with Crippen LogP contribution >= 0.6 is 0 Å². The Kier molecular flexibility index (Phi) is 9.14. The number of fused-ring (bicyclic) bond motifs is 10. The number of hydrogen-bond donors (Lipinski definition) is 0. The van der Waals surface area contributed by atoms with E-state index in [0.717, 1.165) is 65.3 Å². The Labute approximate surface area is 418 Å². The summed E-state index contributed by atoms with van der Waals surface area (Å²) >= 11 is 0. The third-order valence-corrected chi connectivity index (χ3v) is 16.4. The lowest BCUT2D eigenvalue weighted by atomic mass is 9.79. The van der Waals surface area contributed by atoms with Crippen LogP contribution in [0.5, 0.6) is 0 Å². The molecule has 2 aliphatic rings. The third kappa shape index (κ3) is 6.15. The van der Waals surface area contributed by atoms with Crippen molar-refractivity contribution < 1.29 is 8.78 Å². The van der Waals surface area contributed by atoms with E-state index in [-0.39, 0.29) is 22.5 Å². The minimum atomic E-state index is -0.254. The molecular formula is C70H48F2. The summed E-state index contributed by atoms with van der Waals surface area (Å²) in [7, 11) is 0. The predicted molar refractivity (Wildman–Crippen MR) is 299 cm³/mol. The van der Waals surface area contributed by atoms with Gasteiger partial charge in [0.15, 0.2) is 0 Å². The topological polar surface area (TPSA) is 0 Å². The van der Waals surface area contributed by atoms with Crippen molar-refractivity contribution in [1.29, 1.82) is 0 Å². The van der Waals surface area contributed by atoms with Crippen LogP contribution in [0.25, 0.3) is 121 Å². The van der Waals surface area contributed by atoms with Crippen LogP contribution in [0.3, 0.4) is 0 Å². The minimum absolute atomic E-state index is 0.236. The Morgan fingerprint density at radius 1 is 0.236 bits per heavy atom. The Morgan fingerprint density at radius 2 is 0.472 bits per heavy atom. The molecule has 2 aliphatic carbocycles. The molecule has 0 amide bonds. The average molecular weight is 927 g/mol. The minimum Gasteiger partial charge on any atom is -0.207 e. The molecule has 0 N–H and O–H groups in total. The van der Waals surface area contributed by atoms with E-state index in [4.69, 9.17) is 0 Å². The van der Waals surface area contributed by atoms with Crippen LogP contribution in [0.4, 0.5) is 8.78 Å². The molecule has 12 aromatic carbocycles. The summed E-state index contributed by atoms with van der Waals surface area (Å²) in [6.45, 7) is 9.48. The molecule has 0 radical (unpaired) electrons. The molecule has 0 spiro atoms. The molecule has 0 aliphatic heterocycles. The zero-order chi connectivity index (χ0) is 48.6. The van der Waals surface area contributed by atoms with Gasteiger partial charge < -0.3 is 0 Å². The van der Waals surface area contributed by atoms with Crippen LogP contribution < -0.4 is 0 Å². The molecule has 0 saturated heterocycles. The first-order chi connectivity index (χ1) is 35.0. The number of rotatable bonds is 5. The Balaban J connectivity index is 0.839. The summed E-state index contributed by atoms with van der Waals surface area (Å²) in [5.41, 5.74) is 21.0. The van der Waals surface area contributed by atoms with E-state index >= 15 is 0 Å². The van der Waals surface area contributed by atoms with Gasteiger partial charge in [-0.15, -0.1) is 0 Å². The third-order valence-electron chi connectivity index (χ3n) is 16.4. The summed E-state index contributed by atoms with van der Waals surface area (Å²) in [6, 6.07) is 76.6. The van der Waals surface area contributed by atoms with Crippen LogP contribution in [0.2, 0.25) is 0 Å². The number of halogens is 2. The van der Waals surface area contributed by atoms with Gasteiger partial charge in [-0.05, 0) is 192 Å². The lowest BCUT2D eigenvalue weighted by molar-refractivity contribution is 0.628. The van der Waals surface area contributed by atoms with Gasteiger partial charge in [-0.3, -0.25) is 0 Å². The van der Waals surface area contributed by atoms with E-state index in [0.29, 0.717) is 0 Å². The van der Waals surface area contributed by atoms with Crippen LogP contribution in [-0.2, 0) is 10.8 Å². The van der Waals surface area contributed by atoms with E-state index in [1.54, 1.807) is 24.3 Å². The monoisotopic (exact) mass is 926 g/mol. The zero-order valence-electron chi connectivity index (χ0n) is 40.5. The van der Waals surface area contributed by atoms with Crippen molar-refractivity contribution in [2.45, 2.75) is 38.5 Å². The van der Waals surface area contributed by atoms with Gasteiger partial charge in [0.1, 0.15) is 11.6 Å². The molecule has 72 heavy (non-hydrogen) atoms. The highest BCUT2D eigenvalue weighted by Crippen LogP contribution is 2.55. The van der Waals surface area contributed by atoms with Gasteiger partial charge in [-0.2, -0.15) is 0 Å². The first-order valence-corrected chi connectivity index (χ1v) is 25.0. The van der Waals surface area contributed by atoms with Crippen molar-refractivity contribution in [3.63, 3.8) is 0 Å². The van der Waals surface area contributed by atoms with Gasteiger partial charge in [-0.1, -0.05) is 198 Å². The van der Waals surface area contributed by atoms with Crippen LogP contribution in [0, 0.1) is 11.6 Å². The van der Waals surface area contributed by atoms with Crippen LogP contribution in [0.15, 0.2) is 218 Å². The molecular weight excluding hydrogens is 879 g/mol. The molecule has 0 unspecified atom stereocenters. The molecule has 2 heteroatoms. The van der Waals surface area contributed by atoms with E-state index < -0.39 is 0 Å². The molecule has 0 fully saturated rings. The molecule has 0 aromatic heterocycles. The lowest BCUT2D eigenvalue weighted by Crippen LogP contribution is -2.15. The van der Waals surface area contributed by atoms with Crippen molar-refractivity contribution in [2.75, 3.05) is 0 Å². The van der Waals surface area contributed by atoms with E-state index in [9.17, 15) is 8.78 Å². The summed E-state index contributed by atoms with van der Waals surface area (Å²) in [6.07, 6.45) is 0. The molecule has 0 nitrogen and oxygen atoms in total. The van der Waals surface area contributed by atoms with E-state index in [2.05, 4.69) is 198 Å². The van der Waals surface area contributed by atoms with Crippen molar-refractivity contribution in [2.24, 2.45) is 0 Å². The van der Waals surface area contributed by atoms with Gasteiger partial charge in [0.05, 0.1) is 0 Å². The summed E-state index contributed by atoms with van der Waals surface area (Å²) < 4.78 is 29.5. The highest BCUT2D eigenvalue weighted by atomic mass is 19.1. The SMILES string of the molecule is CC1(C)c2cc(-c3ccc4c(c3)C(C)(C)c3cc(-c5c6ccccc6c(-c6cccc(F)c6)c6ccccc56)ccc3-4)ccc2-c2ccc(-c3c4ccccc4c(-c4cccc(F)c4)c4ccccc34)cc21. The molecule has 0 bridgehead atoms. The fraction of sp³-hybridized carbons (Fsp3) is 0.0857. The van der Waals surface area contributed by atoms with Crippen LogP contribution in [0.1, 0.15) is 49.9 Å². The summed E-state index contributed by atoms with van der Waals surface area (Å²) in [5, 5.41) is 9.07. The highest BCUT2D eigenvalue weighted by molar-refractivity contribution is 6.23. The molecule has 0 heterocycles. The van der Waals surface area contributed by atoms with Gasteiger partial charge in [0.25, 0.3) is 0 Å². The van der Waals surface area contributed by atoms with E-state index in [1.165, 1.54) is 90.0 Å². The van der Waals surface area contributed by atoms with Gasteiger partial charge in [-0.25, -0.2) is 8.78 Å². The molecule has 0 atom stereocenters. The van der Waals surface area contributed by atoms with E-state index in [1.807, 2.05) is 12.1 Å². The Bertz CT molecular complexity index is 3910. The second-order valence-corrected chi connectivity index (χ2v) is 21.0. The quantitative estimate of drug-likeness (QED) is 0.151. The maximum Gasteiger partial charge on any atom is 0.123 e. The zero-order valence-corrected chi connectivity index (χ0v) is 40.5. The van der Waals surface area contributed by atoms with Crippen LogP contribution in [-0.4, -0.2) is 0 Å². The molecule has 342 valence electrons. The normalized spacial score (nSPS) is 13.9. The average Bonchev–Trinajstić information content (AvgIpc) is 3.77. The smallest absolute Gasteiger partial charge is 0.123 e. The largest absolute Gasteiger partial charge is 0.207 e. The fourth-order valence-corrected chi connectivity index (χ4v) is 12.9. The first kappa shape index (κ1) is 42.4. The van der Waals surface area contributed by atoms with Gasteiger partial charge in [0.2, 0.25) is 0 Å². The van der Waals surface area contributed by atoms with Gasteiger partial charge >= 0.3 is 0 Å². The number of benzene rings is 12. The lowest BCUT2D eigenvalue weighted by Gasteiger charge is -2.24. The maximum absolute atomic E-state index is 14.7. The van der Waals surface area contributed by atoms with Crippen molar-refractivity contribution in [1.82, 2.24) is 0 Å². The predicted octanol–water partition coefficient (Wildman–Crippen LogP) is 19.5. The first-order valence-electron chi connectivity index (χ1n) is 25.0. The summed E-state index contributed by atoms with van der Waals surface area (Å²) in [5.74, 6) is -0.472. The standard InChI is InChI=1S/C70H48F2/c1-69(2)61-37-41(27-31-49(61)51-33-29-45(39-63(51)69)67-57-23-9-5-19-53(57)65(43-15-13-17-47(71)35-43)54-20-6-10-24-58(54)67)42-28-32-50-52-34-30-46(40-64(52)70(3,4)62(50)38-42)68-59-25-11-7-21-55(59)66(44-16-14-18-48(72)36-44)56-22-8-12-26-60(56)68/h5-40H,1-4H3. The Hall–Kier alpha value is -8.46. The van der Waals surface area contributed by atoms with Crippen molar-refractivity contribution >= 4 is 43.1 Å². The highest BCUT2D eigenvalue weighted by Gasteiger charge is 2.38. The van der Waals surface area contributed by atoms with Gasteiger partial charge in [0, 0.05) is 10.8 Å². The fourth-order valence-electron chi connectivity index (χ4n) is 12.9. The van der Waals surface area contributed by atoms with Crippen molar-refractivity contribution in [3.05, 3.63) is 252 Å². The maximum atomic E-state index is 14.7. The Morgan fingerprint density at radius 3 is 0.736 bits per heavy atom. The number of hydrogen-bond acceptors (Lipinski definition) is 0. The van der Waals surface area contributed by atoms with Crippen molar-refractivity contribution in [3.8, 4) is 77.9 Å². The molecule has 14 rings (SSSR count). The second-order valence-electron chi connectivity index (χ2n) is 21.0.